The number of ether oxygens (including phenoxy) is 2. The van der Waals surface area contributed by atoms with Gasteiger partial charge in [-0.15, -0.1) is 0 Å². The molecule has 0 spiro atoms. The Hall–Kier alpha value is -1.95. The molecule has 0 aliphatic carbocycles. The fraction of sp³-hybridized carbons (Fsp3) is 0.533. The van der Waals surface area contributed by atoms with Crippen molar-refractivity contribution in [1.82, 2.24) is 4.90 Å². The molecule has 1 aromatic carbocycles. The maximum atomic E-state index is 8.85. The van der Waals surface area contributed by atoms with E-state index >= 15 is 0 Å². The third-order valence-corrected chi connectivity index (χ3v) is 3.78. The van der Waals surface area contributed by atoms with Gasteiger partial charge in [0, 0.05) is 6.54 Å². The van der Waals surface area contributed by atoms with Crippen LogP contribution >= 0.6 is 0 Å². The van der Waals surface area contributed by atoms with Crippen LogP contribution in [0.25, 0.3) is 0 Å². The predicted octanol–water partition coefficient (Wildman–Crippen LogP) is 1.67. The molecule has 1 aliphatic heterocycles. The summed E-state index contributed by atoms with van der Waals surface area (Å²) < 4.78 is 10.8. The summed E-state index contributed by atoms with van der Waals surface area (Å²) in [5.41, 5.74) is 5.76. The van der Waals surface area contributed by atoms with Crippen molar-refractivity contribution in [2.45, 2.75) is 25.3 Å². The molecule has 0 bridgehead atoms. The molecule has 1 heterocycles. The number of oxime groups is 1. The highest BCUT2D eigenvalue weighted by Gasteiger charge is 2.25. The minimum absolute atomic E-state index is 0.0169. The summed E-state index contributed by atoms with van der Waals surface area (Å²) in [6.45, 7) is 2.28. The van der Waals surface area contributed by atoms with Gasteiger partial charge in [0.1, 0.15) is 18.1 Å². The van der Waals surface area contributed by atoms with E-state index in [0.29, 0.717) is 12.4 Å². The largest absolute Gasteiger partial charge is 0.497 e. The van der Waals surface area contributed by atoms with Crippen LogP contribution in [-0.4, -0.2) is 48.8 Å². The van der Waals surface area contributed by atoms with E-state index in [2.05, 4.69) is 10.1 Å². The number of nitrogens with zero attached hydrogens (tertiary/aromatic N) is 2. The van der Waals surface area contributed by atoms with E-state index in [1.807, 2.05) is 24.3 Å². The van der Waals surface area contributed by atoms with Gasteiger partial charge in [-0.3, -0.25) is 4.90 Å². The first-order chi connectivity index (χ1) is 10.2. The Labute approximate surface area is 125 Å². The summed E-state index contributed by atoms with van der Waals surface area (Å²) in [5, 5.41) is 12.0. The highest BCUT2D eigenvalue weighted by molar-refractivity contribution is 5.85. The van der Waals surface area contributed by atoms with Crippen molar-refractivity contribution in [3.63, 3.8) is 0 Å². The predicted molar refractivity (Wildman–Crippen MR) is 81.1 cm³/mol. The Morgan fingerprint density at radius 1 is 1.33 bits per heavy atom. The van der Waals surface area contributed by atoms with Crippen molar-refractivity contribution >= 4 is 5.84 Å². The molecule has 6 heteroatoms. The van der Waals surface area contributed by atoms with Gasteiger partial charge in [-0.05, 0) is 43.7 Å². The van der Waals surface area contributed by atoms with Gasteiger partial charge in [0.15, 0.2) is 5.84 Å². The van der Waals surface area contributed by atoms with Gasteiger partial charge in [-0.1, -0.05) is 11.6 Å². The molecule has 2 rings (SSSR count). The van der Waals surface area contributed by atoms with Gasteiger partial charge in [-0.2, -0.15) is 0 Å². The van der Waals surface area contributed by atoms with E-state index in [1.54, 1.807) is 7.11 Å². The molecule has 1 aliphatic rings. The zero-order valence-electron chi connectivity index (χ0n) is 12.4. The van der Waals surface area contributed by atoms with Crippen LogP contribution in [0.1, 0.15) is 19.3 Å². The average Bonchev–Trinajstić information content (AvgIpc) is 2.55. The number of amidine groups is 1. The lowest BCUT2D eigenvalue weighted by Crippen LogP contribution is -2.49. The van der Waals surface area contributed by atoms with Crippen molar-refractivity contribution in [3.8, 4) is 11.5 Å². The van der Waals surface area contributed by atoms with Crippen LogP contribution in [0, 0.1) is 0 Å². The van der Waals surface area contributed by atoms with Crippen LogP contribution in [0.2, 0.25) is 0 Å². The lowest BCUT2D eigenvalue weighted by Gasteiger charge is -2.34. The lowest BCUT2D eigenvalue weighted by atomic mass is 10.0. The first kappa shape index (κ1) is 15.4. The number of nitrogens with two attached hydrogens (primary N) is 1. The quantitative estimate of drug-likeness (QED) is 0.361. The zero-order chi connectivity index (χ0) is 15.1. The molecule has 116 valence electrons. The highest BCUT2D eigenvalue weighted by Crippen LogP contribution is 2.19. The normalized spacial score (nSPS) is 20.2. The summed E-state index contributed by atoms with van der Waals surface area (Å²) in [6.07, 6.45) is 3.17. The van der Waals surface area contributed by atoms with Crippen LogP contribution < -0.4 is 15.2 Å². The van der Waals surface area contributed by atoms with Crippen molar-refractivity contribution in [2.24, 2.45) is 10.9 Å². The zero-order valence-corrected chi connectivity index (χ0v) is 12.4. The second-order valence-electron chi connectivity index (χ2n) is 5.10. The fourth-order valence-corrected chi connectivity index (χ4v) is 2.61. The monoisotopic (exact) mass is 293 g/mol. The molecule has 6 nitrogen and oxygen atoms in total. The van der Waals surface area contributed by atoms with E-state index in [0.717, 1.165) is 43.9 Å². The van der Waals surface area contributed by atoms with E-state index < -0.39 is 0 Å². The van der Waals surface area contributed by atoms with E-state index in [1.165, 1.54) is 0 Å². The number of benzene rings is 1. The van der Waals surface area contributed by atoms with Crippen molar-refractivity contribution < 1.29 is 14.7 Å². The molecule has 0 amide bonds. The minimum Gasteiger partial charge on any atom is -0.497 e. The van der Waals surface area contributed by atoms with Crippen molar-refractivity contribution in [3.05, 3.63) is 24.3 Å². The van der Waals surface area contributed by atoms with Crippen molar-refractivity contribution in [1.29, 1.82) is 0 Å². The molecular formula is C15H23N3O3. The Kier molecular flexibility index (Phi) is 5.68. The average molecular weight is 293 g/mol. The molecular weight excluding hydrogens is 270 g/mol. The Bertz CT molecular complexity index is 462. The van der Waals surface area contributed by atoms with Crippen LogP contribution in [0.5, 0.6) is 11.5 Å². The standard InChI is InChI=1S/C15H23N3O3/c1-20-12-5-7-13(8-6-12)21-11-10-18-9-3-2-4-14(18)15(16)17-19/h5-8,14,19H,2-4,9-11H2,1H3,(H2,16,17). The summed E-state index contributed by atoms with van der Waals surface area (Å²) in [6, 6.07) is 7.53. The molecule has 1 atom stereocenters. The molecule has 3 N–H and O–H groups in total. The molecule has 0 radical (unpaired) electrons. The molecule has 21 heavy (non-hydrogen) atoms. The van der Waals surface area contributed by atoms with E-state index in [-0.39, 0.29) is 6.04 Å². The fourth-order valence-electron chi connectivity index (χ4n) is 2.61. The van der Waals surface area contributed by atoms with Gasteiger partial charge in [0.25, 0.3) is 0 Å². The SMILES string of the molecule is COc1ccc(OCCN2CCCCC2C(N)=NO)cc1. The Morgan fingerprint density at radius 2 is 2.05 bits per heavy atom. The summed E-state index contributed by atoms with van der Waals surface area (Å²) in [7, 11) is 1.64. The van der Waals surface area contributed by atoms with Crippen LogP contribution in [-0.2, 0) is 0 Å². The van der Waals surface area contributed by atoms with Crippen LogP contribution in [0.3, 0.4) is 0 Å². The maximum absolute atomic E-state index is 8.85. The minimum atomic E-state index is 0.0169. The first-order valence-corrected chi connectivity index (χ1v) is 7.23. The van der Waals surface area contributed by atoms with Gasteiger partial charge in [0.05, 0.1) is 13.2 Å². The van der Waals surface area contributed by atoms with E-state index in [9.17, 15) is 0 Å². The topological polar surface area (TPSA) is 80.3 Å². The number of rotatable bonds is 6. The molecule has 1 fully saturated rings. The molecule has 1 unspecified atom stereocenters. The third-order valence-electron chi connectivity index (χ3n) is 3.78. The summed E-state index contributed by atoms with van der Waals surface area (Å²) >= 11 is 0. The smallest absolute Gasteiger partial charge is 0.156 e. The van der Waals surface area contributed by atoms with Gasteiger partial charge in [0.2, 0.25) is 0 Å². The van der Waals surface area contributed by atoms with Gasteiger partial charge >= 0.3 is 0 Å². The maximum Gasteiger partial charge on any atom is 0.156 e. The second kappa shape index (κ2) is 7.73. The number of hydrogen-bond acceptors (Lipinski definition) is 5. The summed E-state index contributed by atoms with van der Waals surface area (Å²) in [5.74, 6) is 1.91. The second-order valence-corrected chi connectivity index (χ2v) is 5.10. The molecule has 0 aromatic heterocycles. The van der Waals surface area contributed by atoms with Crippen molar-refractivity contribution in [2.75, 3.05) is 26.8 Å². The number of likely N-dealkylation sites (tertiary alicyclic amines) is 1. The van der Waals surface area contributed by atoms with Gasteiger partial charge in [-0.25, -0.2) is 0 Å². The lowest BCUT2D eigenvalue weighted by molar-refractivity contribution is 0.153. The van der Waals surface area contributed by atoms with Crippen LogP contribution in [0.15, 0.2) is 29.4 Å². The highest BCUT2D eigenvalue weighted by atomic mass is 16.5. The number of hydrogen-bond donors (Lipinski definition) is 2. The first-order valence-electron chi connectivity index (χ1n) is 7.23. The third kappa shape index (κ3) is 4.26. The number of piperidine rings is 1. The summed E-state index contributed by atoms with van der Waals surface area (Å²) in [4.78, 5) is 2.21. The molecule has 0 saturated carbocycles. The van der Waals surface area contributed by atoms with E-state index in [4.69, 9.17) is 20.4 Å². The number of methoxy groups -OCH3 is 1. The molecule has 1 saturated heterocycles. The molecule has 1 aromatic rings. The Morgan fingerprint density at radius 3 is 2.71 bits per heavy atom. The van der Waals surface area contributed by atoms with Crippen LogP contribution in [0.4, 0.5) is 0 Å². The Balaban J connectivity index is 1.83. The van der Waals surface area contributed by atoms with Gasteiger partial charge < -0.3 is 20.4 Å².